The fourth-order valence-electron chi connectivity index (χ4n) is 1.72. The zero-order chi connectivity index (χ0) is 12.3. The summed E-state index contributed by atoms with van der Waals surface area (Å²) < 4.78 is 1.16. The van der Waals surface area contributed by atoms with E-state index in [9.17, 15) is 0 Å². The van der Waals surface area contributed by atoms with Crippen LogP contribution in [0.25, 0.3) is 0 Å². The van der Waals surface area contributed by atoms with Crippen LogP contribution in [0, 0.1) is 6.92 Å². The van der Waals surface area contributed by atoms with Gasteiger partial charge >= 0.3 is 0 Å². The van der Waals surface area contributed by atoms with Gasteiger partial charge in [0.2, 0.25) is 0 Å². The maximum Gasteiger partial charge on any atom is 0.0446 e. The predicted molar refractivity (Wildman–Crippen MR) is 78.5 cm³/mol. The molecule has 0 spiro atoms. The Morgan fingerprint density at radius 1 is 1.18 bits per heavy atom. The quantitative estimate of drug-likeness (QED) is 0.719. The van der Waals surface area contributed by atoms with E-state index in [0.717, 1.165) is 10.9 Å². The molecule has 2 aromatic rings. The molecular formula is C14H13Br2N. The summed E-state index contributed by atoms with van der Waals surface area (Å²) in [5, 5.41) is 0. The lowest BCUT2D eigenvalue weighted by molar-refractivity contribution is 0.938. The van der Waals surface area contributed by atoms with Crippen LogP contribution in [0.3, 0.4) is 0 Å². The topological polar surface area (TPSA) is 12.9 Å². The van der Waals surface area contributed by atoms with Gasteiger partial charge in [-0.15, -0.1) is 0 Å². The van der Waals surface area contributed by atoms with Crippen LogP contribution in [-0.2, 0) is 6.42 Å². The SMILES string of the molecule is Cc1ccc(C(Br)Cc2ccncc2)c(Br)c1. The van der Waals surface area contributed by atoms with Gasteiger partial charge in [0.1, 0.15) is 0 Å². The molecule has 1 aromatic heterocycles. The molecule has 3 heteroatoms. The summed E-state index contributed by atoms with van der Waals surface area (Å²) in [5.41, 5.74) is 3.84. The molecule has 1 atom stereocenters. The molecule has 0 bridgehead atoms. The van der Waals surface area contributed by atoms with Crippen molar-refractivity contribution < 1.29 is 0 Å². The van der Waals surface area contributed by atoms with Gasteiger partial charge in [-0.3, -0.25) is 4.98 Å². The molecule has 0 aliphatic carbocycles. The van der Waals surface area contributed by atoms with E-state index in [4.69, 9.17) is 0 Å². The van der Waals surface area contributed by atoms with Gasteiger partial charge < -0.3 is 0 Å². The standard InChI is InChI=1S/C14H13Br2N/c1-10-2-3-12(13(15)8-10)14(16)9-11-4-6-17-7-5-11/h2-8,14H,9H2,1H3. The molecule has 0 N–H and O–H groups in total. The lowest BCUT2D eigenvalue weighted by Crippen LogP contribution is -1.97. The fraction of sp³-hybridized carbons (Fsp3) is 0.214. The van der Waals surface area contributed by atoms with Crippen LogP contribution < -0.4 is 0 Å². The minimum Gasteiger partial charge on any atom is -0.265 e. The van der Waals surface area contributed by atoms with Gasteiger partial charge in [0.15, 0.2) is 0 Å². The molecule has 0 amide bonds. The van der Waals surface area contributed by atoms with Crippen LogP contribution in [0.4, 0.5) is 0 Å². The van der Waals surface area contributed by atoms with Crippen molar-refractivity contribution in [2.45, 2.75) is 18.2 Å². The number of pyridine rings is 1. The second kappa shape index (κ2) is 5.78. The maximum atomic E-state index is 4.03. The highest BCUT2D eigenvalue weighted by Crippen LogP contribution is 2.32. The number of hydrogen-bond acceptors (Lipinski definition) is 1. The van der Waals surface area contributed by atoms with Gasteiger partial charge in [0.25, 0.3) is 0 Å². The minimum absolute atomic E-state index is 0.319. The summed E-state index contributed by atoms with van der Waals surface area (Å²) in [6, 6.07) is 10.6. The molecule has 0 radical (unpaired) electrons. The Hall–Kier alpha value is -0.670. The summed E-state index contributed by atoms with van der Waals surface area (Å²) in [6.45, 7) is 2.10. The molecule has 1 aromatic carbocycles. The van der Waals surface area contributed by atoms with E-state index in [1.807, 2.05) is 12.4 Å². The Balaban J connectivity index is 2.17. The van der Waals surface area contributed by atoms with Gasteiger partial charge in [-0.05, 0) is 48.2 Å². The third-order valence-corrected chi connectivity index (χ3v) is 4.16. The van der Waals surface area contributed by atoms with E-state index >= 15 is 0 Å². The first-order chi connectivity index (χ1) is 8.16. The molecule has 1 nitrogen and oxygen atoms in total. The third kappa shape index (κ3) is 3.39. The molecule has 0 fully saturated rings. The molecule has 0 saturated carbocycles. The normalized spacial score (nSPS) is 12.4. The molecule has 0 aliphatic heterocycles. The number of halogens is 2. The first kappa shape index (κ1) is 12.8. The summed E-state index contributed by atoms with van der Waals surface area (Å²) in [7, 11) is 0. The van der Waals surface area contributed by atoms with Crippen molar-refractivity contribution in [3.05, 3.63) is 63.9 Å². The van der Waals surface area contributed by atoms with Crippen LogP contribution in [-0.4, -0.2) is 4.98 Å². The number of benzene rings is 1. The molecular weight excluding hydrogens is 342 g/mol. The molecule has 0 aliphatic rings. The van der Waals surface area contributed by atoms with Crippen molar-refractivity contribution in [1.82, 2.24) is 4.98 Å². The average Bonchev–Trinajstić information content (AvgIpc) is 2.30. The van der Waals surface area contributed by atoms with Crippen molar-refractivity contribution in [3.8, 4) is 0 Å². The Kier molecular flexibility index (Phi) is 4.35. The predicted octanol–water partition coefficient (Wildman–Crippen LogP) is 4.83. The van der Waals surface area contributed by atoms with Crippen molar-refractivity contribution in [2.75, 3.05) is 0 Å². The van der Waals surface area contributed by atoms with Gasteiger partial charge in [0, 0.05) is 21.7 Å². The molecule has 1 heterocycles. The van der Waals surface area contributed by atoms with Gasteiger partial charge in [-0.2, -0.15) is 0 Å². The van der Waals surface area contributed by atoms with Gasteiger partial charge in [-0.25, -0.2) is 0 Å². The first-order valence-electron chi connectivity index (χ1n) is 5.46. The van der Waals surface area contributed by atoms with Crippen LogP contribution in [0.5, 0.6) is 0 Å². The van der Waals surface area contributed by atoms with Crippen LogP contribution in [0.1, 0.15) is 21.5 Å². The highest BCUT2D eigenvalue weighted by atomic mass is 79.9. The number of nitrogens with zero attached hydrogens (tertiary/aromatic N) is 1. The lowest BCUT2D eigenvalue weighted by atomic mass is 10.0. The van der Waals surface area contributed by atoms with Gasteiger partial charge in [-0.1, -0.05) is 44.0 Å². The molecule has 88 valence electrons. The third-order valence-electron chi connectivity index (χ3n) is 2.66. The zero-order valence-electron chi connectivity index (χ0n) is 9.53. The van der Waals surface area contributed by atoms with Crippen LogP contribution in [0.15, 0.2) is 47.2 Å². The van der Waals surface area contributed by atoms with E-state index in [1.165, 1.54) is 16.7 Å². The smallest absolute Gasteiger partial charge is 0.0446 e. The largest absolute Gasteiger partial charge is 0.265 e. The van der Waals surface area contributed by atoms with Crippen molar-refractivity contribution >= 4 is 31.9 Å². The van der Waals surface area contributed by atoms with E-state index in [2.05, 4.69) is 74.1 Å². The van der Waals surface area contributed by atoms with Crippen molar-refractivity contribution in [1.29, 1.82) is 0 Å². The Labute approximate surface area is 119 Å². The lowest BCUT2D eigenvalue weighted by Gasteiger charge is -2.12. The molecule has 17 heavy (non-hydrogen) atoms. The Morgan fingerprint density at radius 3 is 2.53 bits per heavy atom. The summed E-state index contributed by atoms with van der Waals surface area (Å²) >= 11 is 7.37. The Bertz CT molecular complexity index is 497. The van der Waals surface area contributed by atoms with E-state index in [-0.39, 0.29) is 0 Å². The summed E-state index contributed by atoms with van der Waals surface area (Å²) in [4.78, 5) is 4.35. The molecule has 1 unspecified atom stereocenters. The van der Waals surface area contributed by atoms with E-state index in [0.29, 0.717) is 4.83 Å². The average molecular weight is 355 g/mol. The Morgan fingerprint density at radius 2 is 1.88 bits per heavy atom. The number of aromatic nitrogens is 1. The zero-order valence-corrected chi connectivity index (χ0v) is 12.7. The van der Waals surface area contributed by atoms with Gasteiger partial charge in [0.05, 0.1) is 0 Å². The second-order valence-corrected chi connectivity index (χ2v) is 6.01. The molecule has 0 saturated heterocycles. The van der Waals surface area contributed by atoms with Crippen molar-refractivity contribution in [3.63, 3.8) is 0 Å². The fourth-order valence-corrected chi connectivity index (χ4v) is 3.57. The number of rotatable bonds is 3. The van der Waals surface area contributed by atoms with E-state index < -0.39 is 0 Å². The minimum atomic E-state index is 0.319. The maximum absolute atomic E-state index is 4.03. The second-order valence-electron chi connectivity index (χ2n) is 4.05. The van der Waals surface area contributed by atoms with Crippen molar-refractivity contribution in [2.24, 2.45) is 0 Å². The number of hydrogen-bond donors (Lipinski definition) is 0. The van der Waals surface area contributed by atoms with Crippen LogP contribution in [0.2, 0.25) is 0 Å². The number of aryl methyl sites for hydroxylation is 1. The van der Waals surface area contributed by atoms with E-state index in [1.54, 1.807) is 0 Å². The number of alkyl halides is 1. The highest BCUT2D eigenvalue weighted by Gasteiger charge is 2.11. The summed E-state index contributed by atoms with van der Waals surface area (Å²) in [5.74, 6) is 0. The highest BCUT2D eigenvalue weighted by molar-refractivity contribution is 9.11. The first-order valence-corrected chi connectivity index (χ1v) is 7.16. The monoisotopic (exact) mass is 353 g/mol. The van der Waals surface area contributed by atoms with Crippen LogP contribution >= 0.6 is 31.9 Å². The summed E-state index contributed by atoms with van der Waals surface area (Å²) in [6.07, 6.45) is 4.63. The molecule has 2 rings (SSSR count).